The van der Waals surface area contributed by atoms with Gasteiger partial charge < -0.3 is 12.9 Å². The summed E-state index contributed by atoms with van der Waals surface area (Å²) in [6, 6.07) is 4.70. The summed E-state index contributed by atoms with van der Waals surface area (Å²) in [7, 11) is 0. The zero-order chi connectivity index (χ0) is 10.8. The molecule has 0 N–H and O–H groups in total. The summed E-state index contributed by atoms with van der Waals surface area (Å²) in [6.45, 7) is -3.52. The van der Waals surface area contributed by atoms with Gasteiger partial charge >= 0.3 is 58.4 Å². The van der Waals surface area contributed by atoms with E-state index in [4.69, 9.17) is 0 Å². The number of Topliss-reactive ketones (excluding diaryl/α,β-unsaturated/α-hetero) is 1. The van der Waals surface area contributed by atoms with Crippen molar-refractivity contribution < 1.29 is 69.1 Å². The number of halogens is 3. The van der Waals surface area contributed by atoms with Crippen molar-refractivity contribution in [2.75, 3.05) is 0 Å². The molecular weight excluding hydrogens is 231 g/mol. The molecule has 6 heteroatoms. The molecule has 1 aromatic rings. The third kappa shape index (κ3) is 5.31. The molecule has 0 radical (unpaired) electrons. The topological polar surface area (TPSA) is 17.1 Å². The van der Waals surface area contributed by atoms with Crippen molar-refractivity contribution in [2.45, 2.75) is 13.3 Å². The maximum absolute atomic E-state index is 12.2. The molecule has 1 rings (SSSR count). The number of carbonyl (C=O) groups excluding carboxylic acids is 1. The number of hydrogen-bond donors (Lipinski definition) is 0. The second-order valence-corrected chi connectivity index (χ2v) is 3.20. The average molecular weight is 240 g/mol. The van der Waals surface area contributed by atoms with E-state index in [2.05, 4.69) is 0 Å². The van der Waals surface area contributed by atoms with Crippen molar-refractivity contribution in [3.8, 4) is 0 Å². The van der Waals surface area contributed by atoms with E-state index in [0.29, 0.717) is 5.56 Å². The Kier molecular flexibility index (Phi) is 6.36. The fraction of sp³-hybridized carbons (Fsp3) is 0.222. The van der Waals surface area contributed by atoms with Crippen LogP contribution in [0.5, 0.6) is 0 Å². The minimum Gasteiger partial charge on any atom is -0.445 e. The van der Waals surface area contributed by atoms with Crippen LogP contribution in [-0.4, -0.2) is 12.8 Å². The Bertz CT molecular complexity index is 334. The van der Waals surface area contributed by atoms with Crippen molar-refractivity contribution in [3.63, 3.8) is 0 Å². The Balaban J connectivity index is 0.00000196. The number of rotatable bonds is 3. The first-order chi connectivity index (χ1) is 6.39. The molecule has 0 aliphatic carbocycles. The van der Waals surface area contributed by atoms with Gasteiger partial charge in [-0.15, -0.1) is 5.46 Å². The Labute approximate surface area is 129 Å². The van der Waals surface area contributed by atoms with Gasteiger partial charge in [-0.3, -0.25) is 4.79 Å². The zero-order valence-corrected chi connectivity index (χ0v) is 11.8. The maximum Gasteiger partial charge on any atom is 1.00 e. The fourth-order valence-electron chi connectivity index (χ4n) is 1.14. The van der Waals surface area contributed by atoms with Gasteiger partial charge in [0.05, 0.1) is 0 Å². The van der Waals surface area contributed by atoms with Gasteiger partial charge in [0.1, 0.15) is 5.78 Å². The number of ketones is 1. The minimum atomic E-state index is -4.93. The maximum atomic E-state index is 12.2. The minimum absolute atomic E-state index is 0. The van der Waals surface area contributed by atoms with Crippen LogP contribution in [0, 0.1) is 0 Å². The molecule has 76 valence electrons. The second-order valence-electron chi connectivity index (χ2n) is 3.20. The molecule has 0 amide bonds. The third-order valence-electron chi connectivity index (χ3n) is 1.81. The average Bonchev–Trinajstić information content (AvgIpc) is 2.02. The van der Waals surface area contributed by atoms with Crippen LogP contribution in [0.15, 0.2) is 24.3 Å². The zero-order valence-electron chi connectivity index (χ0n) is 8.64. The Morgan fingerprint density at radius 2 is 1.67 bits per heavy atom. The third-order valence-corrected chi connectivity index (χ3v) is 1.81. The van der Waals surface area contributed by atoms with E-state index >= 15 is 0 Å². The predicted molar refractivity (Wildman–Crippen MR) is 49.5 cm³/mol. The predicted octanol–water partition coefficient (Wildman–Crippen LogP) is -1.12. The first kappa shape index (κ1) is 15.4. The molecule has 0 bridgehead atoms. The second kappa shape index (κ2) is 6.20. The van der Waals surface area contributed by atoms with Crippen LogP contribution < -0.4 is 56.8 Å². The van der Waals surface area contributed by atoms with Gasteiger partial charge in [0.15, 0.2) is 0 Å². The van der Waals surface area contributed by atoms with Crippen molar-refractivity contribution in [2.24, 2.45) is 0 Å². The molecule has 0 heterocycles. The number of hydrogen-bond acceptors (Lipinski definition) is 1. The quantitative estimate of drug-likeness (QED) is 0.611. The SMILES string of the molecule is CC(=O)Cc1ccc([B-](F)(F)F)cc1.[K+]. The fourth-order valence-corrected chi connectivity index (χ4v) is 1.14. The van der Waals surface area contributed by atoms with Crippen LogP contribution in [0.25, 0.3) is 0 Å². The Morgan fingerprint density at radius 1 is 1.20 bits per heavy atom. The molecule has 0 atom stereocenters. The Hall–Kier alpha value is 0.381. The number of benzene rings is 1. The number of carbonyl (C=O) groups is 1. The van der Waals surface area contributed by atoms with Crippen LogP contribution in [0.3, 0.4) is 0 Å². The molecule has 0 aliphatic heterocycles. The van der Waals surface area contributed by atoms with Gasteiger partial charge in [0, 0.05) is 6.42 Å². The van der Waals surface area contributed by atoms with E-state index in [1.165, 1.54) is 19.1 Å². The van der Waals surface area contributed by atoms with E-state index in [0.717, 1.165) is 12.1 Å². The summed E-state index contributed by atoms with van der Waals surface area (Å²) in [6.07, 6.45) is 0.186. The monoisotopic (exact) mass is 240 g/mol. The first-order valence-corrected chi connectivity index (χ1v) is 4.18. The molecule has 15 heavy (non-hydrogen) atoms. The molecule has 0 saturated heterocycles. The van der Waals surface area contributed by atoms with E-state index in [9.17, 15) is 17.7 Å². The molecule has 0 aliphatic rings. The summed E-state index contributed by atoms with van der Waals surface area (Å²) in [5.74, 6) is -0.0599. The smallest absolute Gasteiger partial charge is 0.445 e. The standard InChI is InChI=1S/C9H9BF3O.K/c1-7(14)6-8-2-4-9(5-3-8)10(11,12)13;/h2-5H,6H2,1H3;/q-1;+1. The van der Waals surface area contributed by atoms with Crippen LogP contribution in [0.1, 0.15) is 12.5 Å². The molecule has 0 fully saturated rings. The molecule has 0 unspecified atom stereocenters. The summed E-state index contributed by atoms with van der Waals surface area (Å²) < 4.78 is 36.5. The Morgan fingerprint density at radius 3 is 2.00 bits per heavy atom. The van der Waals surface area contributed by atoms with Crippen LogP contribution in [0.4, 0.5) is 12.9 Å². The molecule has 0 aromatic heterocycles. The van der Waals surface area contributed by atoms with Crippen LogP contribution in [0.2, 0.25) is 0 Å². The van der Waals surface area contributed by atoms with Crippen molar-refractivity contribution in [1.82, 2.24) is 0 Å². The first-order valence-electron chi connectivity index (χ1n) is 4.18. The molecule has 1 aromatic carbocycles. The van der Waals surface area contributed by atoms with E-state index in [1.807, 2.05) is 0 Å². The van der Waals surface area contributed by atoms with E-state index in [1.54, 1.807) is 0 Å². The van der Waals surface area contributed by atoms with Crippen LogP contribution in [-0.2, 0) is 11.2 Å². The summed E-state index contributed by atoms with van der Waals surface area (Å²) in [4.78, 5) is 10.7. The molecule has 1 nitrogen and oxygen atoms in total. The van der Waals surface area contributed by atoms with E-state index < -0.39 is 12.4 Å². The van der Waals surface area contributed by atoms with Crippen LogP contribution >= 0.6 is 0 Å². The largest absolute Gasteiger partial charge is 1.00 e. The van der Waals surface area contributed by atoms with E-state index in [-0.39, 0.29) is 63.6 Å². The van der Waals surface area contributed by atoms with Gasteiger partial charge in [0.25, 0.3) is 0 Å². The van der Waals surface area contributed by atoms with Gasteiger partial charge in [-0.1, -0.05) is 24.3 Å². The molecule has 0 saturated carbocycles. The normalized spacial score (nSPS) is 10.7. The van der Waals surface area contributed by atoms with Gasteiger partial charge in [0.2, 0.25) is 0 Å². The van der Waals surface area contributed by atoms with Gasteiger partial charge in [-0.2, -0.15) is 0 Å². The summed E-state index contributed by atoms with van der Waals surface area (Å²) >= 11 is 0. The summed E-state index contributed by atoms with van der Waals surface area (Å²) in [5, 5.41) is 0. The van der Waals surface area contributed by atoms with Gasteiger partial charge in [-0.25, -0.2) is 0 Å². The summed E-state index contributed by atoms with van der Waals surface area (Å²) in [5.41, 5.74) is -0.0152. The molecule has 0 spiro atoms. The van der Waals surface area contributed by atoms with Crippen molar-refractivity contribution in [3.05, 3.63) is 29.8 Å². The molecular formula is C9H9BF3KO. The van der Waals surface area contributed by atoms with Gasteiger partial charge in [-0.05, 0) is 12.5 Å². The van der Waals surface area contributed by atoms with Crippen molar-refractivity contribution >= 4 is 18.2 Å². The van der Waals surface area contributed by atoms with Crippen molar-refractivity contribution in [1.29, 1.82) is 0 Å².